The third-order valence-corrected chi connectivity index (χ3v) is 5.00. The molecule has 0 aromatic heterocycles. The van der Waals surface area contributed by atoms with Crippen LogP contribution in [0.2, 0.25) is 0 Å². The van der Waals surface area contributed by atoms with Crippen LogP contribution in [-0.4, -0.2) is 70.3 Å². The molecule has 1 aromatic carbocycles. The van der Waals surface area contributed by atoms with E-state index in [1.165, 1.54) is 12.0 Å². The monoisotopic (exact) mass is 404 g/mol. The van der Waals surface area contributed by atoms with Crippen molar-refractivity contribution >= 4 is 11.9 Å². The molecule has 0 aliphatic carbocycles. The molecular weight excluding hydrogens is 368 g/mol. The number of nitrogens with zero attached hydrogens (tertiary/aromatic N) is 2. The van der Waals surface area contributed by atoms with Crippen LogP contribution in [0, 0.1) is 5.92 Å². The maximum absolute atomic E-state index is 11.9. The summed E-state index contributed by atoms with van der Waals surface area (Å²) in [5.41, 5.74) is 1.27. The highest BCUT2D eigenvalue weighted by atomic mass is 16.5. The Morgan fingerprint density at radius 1 is 1.28 bits per heavy atom. The van der Waals surface area contributed by atoms with Crippen LogP contribution >= 0.6 is 0 Å². The molecule has 162 valence electrons. The topological polar surface area (TPSA) is 75.2 Å². The molecule has 7 heteroatoms. The molecule has 1 saturated heterocycles. The van der Waals surface area contributed by atoms with Gasteiger partial charge < -0.3 is 25.0 Å². The summed E-state index contributed by atoms with van der Waals surface area (Å²) in [4.78, 5) is 17.9. The van der Waals surface area contributed by atoms with Crippen LogP contribution in [-0.2, 0) is 16.0 Å². The average Bonchev–Trinajstić information content (AvgIpc) is 2.74. The van der Waals surface area contributed by atoms with Crippen molar-refractivity contribution in [2.75, 3.05) is 47.4 Å². The van der Waals surface area contributed by atoms with Crippen molar-refractivity contribution in [3.8, 4) is 5.75 Å². The molecular formula is C22H36N4O3. The molecule has 0 spiro atoms. The van der Waals surface area contributed by atoms with Gasteiger partial charge in [-0.25, -0.2) is 4.99 Å². The molecule has 2 atom stereocenters. The van der Waals surface area contributed by atoms with Crippen LogP contribution in [0.25, 0.3) is 0 Å². The highest BCUT2D eigenvalue weighted by Crippen LogP contribution is 2.14. The van der Waals surface area contributed by atoms with E-state index in [0.29, 0.717) is 18.4 Å². The minimum atomic E-state index is -0.0219. The van der Waals surface area contributed by atoms with Gasteiger partial charge in [-0.3, -0.25) is 4.79 Å². The number of amides is 1. The van der Waals surface area contributed by atoms with Gasteiger partial charge in [0.25, 0.3) is 0 Å². The number of hydrogen-bond acceptors (Lipinski definition) is 4. The highest BCUT2D eigenvalue weighted by molar-refractivity contribution is 5.84. The number of benzene rings is 1. The lowest BCUT2D eigenvalue weighted by atomic mass is 10.0. The summed E-state index contributed by atoms with van der Waals surface area (Å²) in [5.74, 6) is 1.92. The summed E-state index contributed by atoms with van der Waals surface area (Å²) in [5, 5.41) is 6.73. The minimum absolute atomic E-state index is 0.0219. The number of nitrogens with one attached hydrogen (secondary N) is 2. The Bertz CT molecular complexity index is 640. The number of ether oxygens (including phenoxy) is 2. The zero-order chi connectivity index (χ0) is 21.1. The van der Waals surface area contributed by atoms with Gasteiger partial charge in [0.05, 0.1) is 13.2 Å². The van der Waals surface area contributed by atoms with Gasteiger partial charge >= 0.3 is 0 Å². The largest absolute Gasteiger partial charge is 0.497 e. The summed E-state index contributed by atoms with van der Waals surface area (Å²) >= 11 is 0. The lowest BCUT2D eigenvalue weighted by Crippen LogP contribution is -2.44. The van der Waals surface area contributed by atoms with Crippen LogP contribution in [0.15, 0.2) is 29.3 Å². The van der Waals surface area contributed by atoms with E-state index in [1.54, 1.807) is 26.1 Å². The fourth-order valence-electron chi connectivity index (χ4n) is 3.15. The Morgan fingerprint density at radius 2 is 2.03 bits per heavy atom. The van der Waals surface area contributed by atoms with Gasteiger partial charge in [0, 0.05) is 33.8 Å². The lowest BCUT2D eigenvalue weighted by molar-refractivity contribution is -0.127. The molecule has 7 nitrogen and oxygen atoms in total. The maximum atomic E-state index is 11.9. The first kappa shape index (κ1) is 23.0. The van der Waals surface area contributed by atoms with E-state index < -0.39 is 0 Å². The molecule has 1 aliphatic rings. The third-order valence-electron chi connectivity index (χ3n) is 5.00. The molecule has 1 amide bonds. The van der Waals surface area contributed by atoms with Crippen LogP contribution in [0.3, 0.4) is 0 Å². The standard InChI is InChI=1S/C22H36N4O3/c1-17(13-18-8-10-19(28-4)11-9-18)14-23-22(25-16-21(27)26(2)3)24-15-20-7-5-6-12-29-20/h8-11,17,20H,5-7,12-16H2,1-4H3,(H2,23,24,25). The maximum Gasteiger partial charge on any atom is 0.243 e. The Morgan fingerprint density at radius 3 is 2.66 bits per heavy atom. The first-order valence-electron chi connectivity index (χ1n) is 10.4. The van der Waals surface area contributed by atoms with Crippen molar-refractivity contribution < 1.29 is 14.3 Å². The van der Waals surface area contributed by atoms with E-state index in [4.69, 9.17) is 9.47 Å². The van der Waals surface area contributed by atoms with E-state index in [2.05, 4.69) is 34.7 Å². The first-order valence-corrected chi connectivity index (χ1v) is 10.4. The second-order valence-corrected chi connectivity index (χ2v) is 7.86. The summed E-state index contributed by atoms with van der Waals surface area (Å²) in [6.07, 6.45) is 4.55. The third kappa shape index (κ3) is 8.73. The molecule has 1 fully saturated rings. The number of guanidine groups is 1. The summed E-state index contributed by atoms with van der Waals surface area (Å²) in [6.45, 7) is 4.61. The lowest BCUT2D eigenvalue weighted by Gasteiger charge is -2.24. The summed E-state index contributed by atoms with van der Waals surface area (Å²) < 4.78 is 11.0. The zero-order valence-electron chi connectivity index (χ0n) is 18.2. The minimum Gasteiger partial charge on any atom is -0.497 e. The number of carbonyl (C=O) groups excluding carboxylic acids is 1. The van der Waals surface area contributed by atoms with Crippen LogP contribution < -0.4 is 15.4 Å². The summed E-state index contributed by atoms with van der Waals surface area (Å²) in [7, 11) is 5.16. The van der Waals surface area contributed by atoms with Gasteiger partial charge in [-0.05, 0) is 49.3 Å². The number of hydrogen-bond donors (Lipinski definition) is 2. The second kappa shape index (κ2) is 12.3. The Kier molecular flexibility index (Phi) is 9.77. The van der Waals surface area contributed by atoms with Gasteiger partial charge in [-0.15, -0.1) is 0 Å². The number of likely N-dealkylation sites (N-methyl/N-ethyl adjacent to an activating group) is 1. The van der Waals surface area contributed by atoms with Crippen molar-refractivity contribution in [3.05, 3.63) is 29.8 Å². The van der Waals surface area contributed by atoms with Gasteiger partial charge in [-0.2, -0.15) is 0 Å². The number of aliphatic imine (C=N–C) groups is 1. The van der Waals surface area contributed by atoms with Gasteiger partial charge in [0.1, 0.15) is 12.3 Å². The van der Waals surface area contributed by atoms with Gasteiger partial charge in [-0.1, -0.05) is 19.1 Å². The Balaban J connectivity index is 1.86. The van der Waals surface area contributed by atoms with Gasteiger partial charge in [0.2, 0.25) is 5.91 Å². The smallest absolute Gasteiger partial charge is 0.243 e. The zero-order valence-corrected chi connectivity index (χ0v) is 18.2. The normalized spacial score (nSPS) is 18.1. The quantitative estimate of drug-likeness (QED) is 0.487. The van der Waals surface area contributed by atoms with Crippen molar-refractivity contribution in [1.82, 2.24) is 15.5 Å². The van der Waals surface area contributed by atoms with E-state index in [9.17, 15) is 4.79 Å². The number of rotatable bonds is 9. The van der Waals surface area contributed by atoms with E-state index in [0.717, 1.165) is 38.2 Å². The predicted molar refractivity (Wildman–Crippen MR) is 116 cm³/mol. The van der Waals surface area contributed by atoms with Crippen LogP contribution in [0.5, 0.6) is 5.75 Å². The molecule has 2 N–H and O–H groups in total. The second-order valence-electron chi connectivity index (χ2n) is 7.86. The fraction of sp³-hybridized carbons (Fsp3) is 0.636. The molecule has 1 heterocycles. The Labute approximate surface area is 174 Å². The Hall–Kier alpha value is -2.28. The van der Waals surface area contributed by atoms with Crippen molar-refractivity contribution in [3.63, 3.8) is 0 Å². The van der Waals surface area contributed by atoms with Crippen molar-refractivity contribution in [2.24, 2.45) is 10.9 Å². The highest BCUT2D eigenvalue weighted by Gasteiger charge is 2.15. The van der Waals surface area contributed by atoms with E-state index in [1.807, 2.05) is 12.1 Å². The van der Waals surface area contributed by atoms with Gasteiger partial charge in [0.15, 0.2) is 5.96 Å². The molecule has 0 radical (unpaired) electrons. The van der Waals surface area contributed by atoms with Crippen molar-refractivity contribution in [1.29, 1.82) is 0 Å². The predicted octanol–water partition coefficient (Wildman–Crippen LogP) is 2.07. The van der Waals surface area contributed by atoms with Crippen LogP contribution in [0.1, 0.15) is 31.7 Å². The summed E-state index contributed by atoms with van der Waals surface area (Å²) in [6, 6.07) is 8.17. The molecule has 2 rings (SSSR count). The average molecular weight is 405 g/mol. The molecule has 0 saturated carbocycles. The number of carbonyl (C=O) groups is 1. The molecule has 2 unspecified atom stereocenters. The molecule has 1 aromatic rings. The molecule has 29 heavy (non-hydrogen) atoms. The number of methoxy groups -OCH3 is 1. The fourth-order valence-corrected chi connectivity index (χ4v) is 3.15. The SMILES string of the molecule is COc1ccc(CC(C)CNC(=NCC(=O)N(C)C)NCC2CCCCO2)cc1. The van der Waals surface area contributed by atoms with E-state index >= 15 is 0 Å². The first-order chi connectivity index (χ1) is 14.0. The van der Waals surface area contributed by atoms with E-state index in [-0.39, 0.29) is 18.6 Å². The van der Waals surface area contributed by atoms with Crippen molar-refractivity contribution in [2.45, 2.75) is 38.7 Å². The molecule has 0 bridgehead atoms. The van der Waals surface area contributed by atoms with Crippen LogP contribution in [0.4, 0.5) is 0 Å². The molecule has 1 aliphatic heterocycles.